The minimum absolute atomic E-state index is 0.0217. The lowest BCUT2D eigenvalue weighted by Gasteiger charge is -2.12. The Bertz CT molecular complexity index is 1010. The molecule has 8 heteroatoms. The largest absolute Gasteiger partial charge is 0.326 e. The second kappa shape index (κ2) is 9.18. The van der Waals surface area contributed by atoms with Crippen LogP contribution in [-0.4, -0.2) is 16.9 Å². The summed E-state index contributed by atoms with van der Waals surface area (Å²) in [7, 11) is 0. The van der Waals surface area contributed by atoms with Crippen molar-refractivity contribution in [2.75, 3.05) is 5.32 Å². The van der Waals surface area contributed by atoms with E-state index in [1.807, 2.05) is 18.2 Å². The van der Waals surface area contributed by atoms with Crippen molar-refractivity contribution in [3.8, 4) is 0 Å². The van der Waals surface area contributed by atoms with Gasteiger partial charge >= 0.3 is 0 Å². The van der Waals surface area contributed by atoms with E-state index >= 15 is 0 Å². The SMILES string of the molecule is O=C(NC(=NCc1ccncc1)Nc1cccc(Br)c1)c1ccc(F)c(F)c1. The normalized spacial score (nSPS) is 11.2. The maximum absolute atomic E-state index is 13.4. The third-order valence-electron chi connectivity index (χ3n) is 3.67. The van der Waals surface area contributed by atoms with Gasteiger partial charge in [0.15, 0.2) is 11.6 Å². The van der Waals surface area contributed by atoms with Crippen LogP contribution in [0.5, 0.6) is 0 Å². The van der Waals surface area contributed by atoms with E-state index < -0.39 is 17.5 Å². The van der Waals surface area contributed by atoms with Crippen molar-refractivity contribution in [3.63, 3.8) is 0 Å². The molecule has 0 aliphatic rings. The van der Waals surface area contributed by atoms with Gasteiger partial charge in [-0.3, -0.25) is 15.1 Å². The monoisotopic (exact) mass is 444 g/mol. The van der Waals surface area contributed by atoms with Crippen molar-refractivity contribution in [1.82, 2.24) is 10.3 Å². The molecule has 0 saturated heterocycles. The molecule has 0 spiro atoms. The summed E-state index contributed by atoms with van der Waals surface area (Å²) in [5.74, 6) is -2.56. The van der Waals surface area contributed by atoms with E-state index in [1.54, 1.807) is 30.6 Å². The number of amides is 1. The third kappa shape index (κ3) is 5.43. The van der Waals surface area contributed by atoms with Crippen molar-refractivity contribution >= 4 is 33.5 Å². The van der Waals surface area contributed by atoms with Crippen LogP contribution in [-0.2, 0) is 6.54 Å². The molecule has 0 bridgehead atoms. The average molecular weight is 445 g/mol. The van der Waals surface area contributed by atoms with E-state index in [9.17, 15) is 13.6 Å². The van der Waals surface area contributed by atoms with Crippen LogP contribution in [0.3, 0.4) is 0 Å². The highest BCUT2D eigenvalue weighted by Crippen LogP contribution is 2.16. The maximum Gasteiger partial charge on any atom is 0.258 e. The number of halogens is 3. The van der Waals surface area contributed by atoms with Crippen LogP contribution in [0.25, 0.3) is 0 Å². The summed E-state index contributed by atoms with van der Waals surface area (Å²) in [6, 6.07) is 13.8. The fourth-order valence-electron chi connectivity index (χ4n) is 2.29. The van der Waals surface area contributed by atoms with Gasteiger partial charge in [-0.05, 0) is 54.1 Å². The molecule has 28 heavy (non-hydrogen) atoms. The summed E-state index contributed by atoms with van der Waals surface area (Å²) in [5.41, 5.74) is 1.56. The summed E-state index contributed by atoms with van der Waals surface area (Å²) in [6.07, 6.45) is 3.29. The number of aromatic nitrogens is 1. The Morgan fingerprint density at radius 1 is 1.04 bits per heavy atom. The molecule has 0 aliphatic heterocycles. The van der Waals surface area contributed by atoms with E-state index in [2.05, 4.69) is 36.5 Å². The van der Waals surface area contributed by atoms with Gasteiger partial charge in [-0.15, -0.1) is 0 Å². The van der Waals surface area contributed by atoms with E-state index in [0.29, 0.717) is 5.69 Å². The Balaban J connectivity index is 1.82. The molecule has 0 saturated carbocycles. The van der Waals surface area contributed by atoms with Gasteiger partial charge in [0.25, 0.3) is 5.91 Å². The molecule has 0 aliphatic carbocycles. The van der Waals surface area contributed by atoms with Crippen LogP contribution in [0, 0.1) is 11.6 Å². The van der Waals surface area contributed by atoms with E-state index in [0.717, 1.165) is 22.2 Å². The first-order valence-corrected chi connectivity index (χ1v) is 9.03. The van der Waals surface area contributed by atoms with Crippen molar-refractivity contribution < 1.29 is 13.6 Å². The van der Waals surface area contributed by atoms with Gasteiger partial charge in [0.1, 0.15) is 0 Å². The fraction of sp³-hybridized carbons (Fsp3) is 0.0500. The van der Waals surface area contributed by atoms with Crippen LogP contribution in [0.15, 0.2) is 76.5 Å². The molecule has 1 amide bonds. The number of nitrogens with zero attached hydrogens (tertiary/aromatic N) is 2. The van der Waals surface area contributed by atoms with Gasteiger partial charge in [0.2, 0.25) is 5.96 Å². The third-order valence-corrected chi connectivity index (χ3v) is 4.16. The number of carbonyl (C=O) groups excluding carboxylic acids is 1. The lowest BCUT2D eigenvalue weighted by atomic mass is 10.2. The number of nitrogens with one attached hydrogen (secondary N) is 2. The first kappa shape index (κ1) is 19.6. The predicted octanol–water partition coefficient (Wildman–Crippen LogP) is 4.52. The summed E-state index contributed by atoms with van der Waals surface area (Å²) in [4.78, 5) is 20.8. The quantitative estimate of drug-likeness (QED) is 0.459. The van der Waals surface area contributed by atoms with E-state index in [4.69, 9.17) is 0 Å². The molecule has 2 aromatic carbocycles. The highest BCUT2D eigenvalue weighted by Gasteiger charge is 2.12. The highest BCUT2D eigenvalue weighted by molar-refractivity contribution is 9.10. The zero-order valence-electron chi connectivity index (χ0n) is 14.5. The molecule has 3 aromatic rings. The summed E-state index contributed by atoms with van der Waals surface area (Å²) < 4.78 is 27.4. The number of pyridine rings is 1. The molecule has 0 unspecified atom stereocenters. The van der Waals surface area contributed by atoms with E-state index in [-0.39, 0.29) is 18.1 Å². The topological polar surface area (TPSA) is 66.4 Å². The second-order valence-electron chi connectivity index (χ2n) is 5.74. The standard InChI is InChI=1S/C20H15BrF2N4O/c21-15-2-1-3-16(11-15)26-20(25-12-13-6-8-24-9-7-13)27-19(28)14-4-5-17(22)18(23)10-14/h1-11H,12H2,(H2,25,26,27,28). The Morgan fingerprint density at radius 3 is 2.54 bits per heavy atom. The zero-order valence-corrected chi connectivity index (χ0v) is 16.1. The Labute approximate surface area is 168 Å². The Morgan fingerprint density at radius 2 is 1.82 bits per heavy atom. The van der Waals surface area contributed by atoms with Crippen molar-refractivity contribution in [2.45, 2.75) is 6.54 Å². The molecular formula is C20H15BrF2N4O. The molecule has 1 heterocycles. The Kier molecular flexibility index (Phi) is 6.44. The summed E-state index contributed by atoms with van der Waals surface area (Å²) >= 11 is 3.38. The number of rotatable bonds is 4. The van der Waals surface area contributed by atoms with E-state index in [1.165, 1.54) is 6.07 Å². The lowest BCUT2D eigenvalue weighted by Crippen LogP contribution is -2.36. The molecule has 3 rings (SSSR count). The molecule has 0 radical (unpaired) electrons. The summed E-state index contributed by atoms with van der Waals surface area (Å²) in [5, 5.41) is 5.62. The zero-order chi connectivity index (χ0) is 19.9. The number of anilines is 1. The average Bonchev–Trinajstić information content (AvgIpc) is 2.69. The van der Waals surface area contributed by atoms with Crippen LogP contribution in [0.1, 0.15) is 15.9 Å². The molecular weight excluding hydrogens is 430 g/mol. The number of carbonyl (C=O) groups is 1. The van der Waals surface area contributed by atoms with Gasteiger partial charge in [0, 0.05) is 28.1 Å². The minimum Gasteiger partial charge on any atom is -0.326 e. The number of hydrogen-bond acceptors (Lipinski definition) is 3. The first-order valence-electron chi connectivity index (χ1n) is 8.23. The van der Waals surface area contributed by atoms with Gasteiger partial charge in [-0.2, -0.15) is 0 Å². The van der Waals surface area contributed by atoms with Crippen molar-refractivity contribution in [2.24, 2.45) is 4.99 Å². The molecule has 0 fully saturated rings. The van der Waals surface area contributed by atoms with Crippen LogP contribution >= 0.6 is 15.9 Å². The van der Waals surface area contributed by atoms with Crippen molar-refractivity contribution in [3.05, 3.63) is 94.2 Å². The summed E-state index contributed by atoms with van der Waals surface area (Å²) in [6.45, 7) is 0.289. The van der Waals surface area contributed by atoms with Gasteiger partial charge in [-0.1, -0.05) is 22.0 Å². The first-order chi connectivity index (χ1) is 13.5. The Hall–Kier alpha value is -3.13. The van der Waals surface area contributed by atoms with Crippen LogP contribution in [0.2, 0.25) is 0 Å². The van der Waals surface area contributed by atoms with Gasteiger partial charge < -0.3 is 5.32 Å². The highest BCUT2D eigenvalue weighted by atomic mass is 79.9. The second-order valence-corrected chi connectivity index (χ2v) is 6.65. The minimum atomic E-state index is -1.09. The lowest BCUT2D eigenvalue weighted by molar-refractivity contribution is 0.0976. The smallest absolute Gasteiger partial charge is 0.258 e. The van der Waals surface area contributed by atoms with Gasteiger partial charge in [0.05, 0.1) is 6.54 Å². The number of benzene rings is 2. The maximum atomic E-state index is 13.4. The number of hydrogen-bond donors (Lipinski definition) is 2. The van der Waals surface area contributed by atoms with Crippen LogP contribution < -0.4 is 10.6 Å². The van der Waals surface area contributed by atoms with Crippen LogP contribution in [0.4, 0.5) is 14.5 Å². The molecule has 1 aromatic heterocycles. The fourth-order valence-corrected chi connectivity index (χ4v) is 2.69. The number of guanidine groups is 1. The molecule has 142 valence electrons. The predicted molar refractivity (Wildman–Crippen MR) is 107 cm³/mol. The molecule has 0 atom stereocenters. The molecule has 2 N–H and O–H groups in total. The number of aliphatic imine (C=N–C) groups is 1. The van der Waals surface area contributed by atoms with Crippen molar-refractivity contribution in [1.29, 1.82) is 0 Å². The van der Waals surface area contributed by atoms with Gasteiger partial charge in [-0.25, -0.2) is 13.8 Å². The molecule has 5 nitrogen and oxygen atoms in total.